The summed E-state index contributed by atoms with van der Waals surface area (Å²) >= 11 is 0. The van der Waals surface area contributed by atoms with Gasteiger partial charge in [-0.05, 0) is 136 Å². The summed E-state index contributed by atoms with van der Waals surface area (Å²) in [5, 5.41) is 65.3. The van der Waals surface area contributed by atoms with Crippen LogP contribution in [0.25, 0.3) is 0 Å². The number of hydrogen-bond acceptors (Lipinski definition) is 21. The first-order chi connectivity index (χ1) is 36.9. The van der Waals surface area contributed by atoms with Crippen molar-refractivity contribution in [3.05, 3.63) is 46.6 Å². The van der Waals surface area contributed by atoms with Crippen LogP contribution in [0.3, 0.4) is 0 Å². The van der Waals surface area contributed by atoms with E-state index >= 15 is 0 Å². The van der Waals surface area contributed by atoms with Crippen molar-refractivity contribution in [3.8, 4) is 0 Å². The fourth-order valence-electron chi connectivity index (χ4n) is 8.62. The number of hydrogen-bond donors (Lipinski definition) is 9. The van der Waals surface area contributed by atoms with Crippen LogP contribution in [0.15, 0.2) is 41.3 Å². The fourth-order valence-corrected chi connectivity index (χ4v) is 9.66. The normalized spacial score (nSPS) is 27.1. The van der Waals surface area contributed by atoms with Crippen LogP contribution in [-0.4, -0.2) is 194 Å². The number of likely N-dealkylation sites (N-methyl/N-ethyl adjacent to an activating group) is 1. The first-order valence-corrected chi connectivity index (χ1v) is 30.2. The van der Waals surface area contributed by atoms with E-state index in [-0.39, 0.29) is 50.0 Å². The van der Waals surface area contributed by atoms with Gasteiger partial charge in [0.2, 0.25) is 12.2 Å². The van der Waals surface area contributed by atoms with Crippen LogP contribution in [0.4, 0.5) is 20.1 Å². The standard InChI is InChI=1S/C54H93N7O18Si/c1-50(2,3)73-31-58-36-27-37(59-44(65)38(62)23-24-56-48(67)78-51(4,5)6)42(77-46-40(64)43(54(13,69)30-72-46)61(14)49(68)79-52(7,8)9)39(63)41(36)76-45-35(55-25-26-74-80(15,16)53(10,11)12)22-21-34(75-45)28-57-47(66)71-29-32-17-19-33(60-70)20-18-32/h17-21,35-43,45-46,55,58,62-64,69H,22-31H2,1-16H3,(H,56,67)(H,57,66)(H,59,65)/t35-,36+,37-,38+,39+,40-,41-,42+,43-,45-,46-,54+/m1/s1. The lowest BCUT2D eigenvalue weighted by atomic mass is 9.82. The topological polar surface area (TPSA) is 325 Å². The van der Waals surface area contributed by atoms with E-state index in [1.165, 1.54) is 26.1 Å². The van der Waals surface area contributed by atoms with Crippen LogP contribution in [-0.2, 0) is 53.7 Å². The highest BCUT2D eigenvalue weighted by molar-refractivity contribution is 6.74. The third-order valence-electron chi connectivity index (χ3n) is 13.8. The van der Waals surface area contributed by atoms with Gasteiger partial charge >= 0.3 is 18.3 Å². The number of rotatable bonds is 23. The number of nitrogens with one attached hydrogen (secondary N) is 5. The monoisotopic (exact) mass is 1160 g/mol. The summed E-state index contributed by atoms with van der Waals surface area (Å²) in [5.74, 6) is -0.594. The predicted molar refractivity (Wildman–Crippen MR) is 297 cm³/mol. The Labute approximate surface area is 472 Å². The van der Waals surface area contributed by atoms with Crippen LogP contribution in [0.1, 0.15) is 115 Å². The minimum Gasteiger partial charge on any atom is -0.466 e. The van der Waals surface area contributed by atoms with E-state index in [0.717, 1.165) is 4.90 Å². The zero-order valence-electron chi connectivity index (χ0n) is 49.7. The Morgan fingerprint density at radius 2 is 1.45 bits per heavy atom. The fraction of sp³-hybridized carbons (Fsp3) is 0.778. The Kier molecular flexibility index (Phi) is 24.3. The molecule has 0 aromatic heterocycles. The van der Waals surface area contributed by atoms with E-state index in [1.54, 1.807) is 59.8 Å². The molecule has 2 aliphatic heterocycles. The van der Waals surface area contributed by atoms with E-state index in [2.05, 4.69) is 65.6 Å². The van der Waals surface area contributed by atoms with E-state index < -0.39 is 129 Å². The van der Waals surface area contributed by atoms with Crippen molar-refractivity contribution in [3.63, 3.8) is 0 Å². The number of ether oxygens (including phenoxy) is 8. The molecule has 1 aliphatic carbocycles. The molecule has 1 saturated carbocycles. The molecule has 3 aliphatic rings. The highest BCUT2D eigenvalue weighted by Crippen LogP contribution is 2.37. The molecule has 1 aromatic rings. The van der Waals surface area contributed by atoms with Crippen molar-refractivity contribution < 1.29 is 81.9 Å². The third-order valence-corrected chi connectivity index (χ3v) is 18.3. The maximum atomic E-state index is 14.0. The Hall–Kier alpha value is -4.58. The maximum Gasteiger partial charge on any atom is 0.410 e. The van der Waals surface area contributed by atoms with E-state index in [0.29, 0.717) is 30.9 Å². The van der Waals surface area contributed by atoms with Gasteiger partial charge in [0.25, 0.3) is 0 Å². The Bertz CT molecular complexity index is 2210. The summed E-state index contributed by atoms with van der Waals surface area (Å²) in [6, 6.07) is 2.21. The molecule has 0 spiro atoms. The van der Waals surface area contributed by atoms with E-state index in [4.69, 9.17) is 42.3 Å². The molecule has 4 amide bonds. The average molecular weight is 1160 g/mol. The van der Waals surface area contributed by atoms with Crippen LogP contribution in [0, 0.1) is 4.91 Å². The van der Waals surface area contributed by atoms with Gasteiger partial charge in [0, 0.05) is 32.8 Å². The van der Waals surface area contributed by atoms with Crippen LogP contribution < -0.4 is 26.6 Å². The molecular formula is C54H93N7O18Si. The summed E-state index contributed by atoms with van der Waals surface area (Å²) in [6.45, 7) is 27.6. The second-order valence-corrected chi connectivity index (χ2v) is 30.1. The van der Waals surface area contributed by atoms with Gasteiger partial charge in [-0.2, -0.15) is 0 Å². The minimum absolute atomic E-state index is 0.0505. The van der Waals surface area contributed by atoms with Crippen LogP contribution in [0.5, 0.6) is 0 Å². The number of nitrogens with zero attached hydrogens (tertiary/aromatic N) is 2. The largest absolute Gasteiger partial charge is 0.466 e. The summed E-state index contributed by atoms with van der Waals surface area (Å²) in [5.41, 5.74) is -3.35. The Morgan fingerprint density at radius 1 is 0.825 bits per heavy atom. The van der Waals surface area contributed by atoms with Crippen LogP contribution in [0.2, 0.25) is 18.1 Å². The molecule has 0 radical (unpaired) electrons. The predicted octanol–water partition coefficient (Wildman–Crippen LogP) is 4.65. The average Bonchev–Trinajstić information content (AvgIpc) is 3.32. The Balaban J connectivity index is 1.70. The number of carbonyl (C=O) groups is 4. The van der Waals surface area contributed by atoms with Crippen molar-refractivity contribution in [1.29, 1.82) is 0 Å². The first-order valence-electron chi connectivity index (χ1n) is 27.3. The lowest BCUT2D eigenvalue weighted by Crippen LogP contribution is -2.70. The van der Waals surface area contributed by atoms with Gasteiger partial charge in [0.15, 0.2) is 14.6 Å². The molecule has 0 unspecified atom stereocenters. The number of benzene rings is 1. The van der Waals surface area contributed by atoms with Crippen molar-refractivity contribution >= 4 is 38.2 Å². The van der Waals surface area contributed by atoms with Crippen molar-refractivity contribution in [2.24, 2.45) is 5.18 Å². The van der Waals surface area contributed by atoms with E-state index in [9.17, 15) is 44.5 Å². The molecule has 25 nitrogen and oxygen atoms in total. The Morgan fingerprint density at radius 3 is 2.05 bits per heavy atom. The number of nitroso groups, excluding NO2 is 1. The van der Waals surface area contributed by atoms with Crippen molar-refractivity contribution in [2.45, 2.75) is 224 Å². The molecule has 1 aromatic carbocycles. The van der Waals surface area contributed by atoms with Crippen LogP contribution >= 0.6 is 0 Å². The van der Waals surface area contributed by atoms with Gasteiger partial charge in [-0.15, -0.1) is 4.91 Å². The molecule has 2 heterocycles. The number of aliphatic hydroxyl groups excluding tert-OH is 3. The maximum absolute atomic E-state index is 14.0. The van der Waals surface area contributed by atoms with Crippen molar-refractivity contribution in [2.75, 3.05) is 46.6 Å². The zero-order valence-corrected chi connectivity index (χ0v) is 50.7. The first kappa shape index (κ1) is 67.9. The summed E-state index contributed by atoms with van der Waals surface area (Å²) in [6.07, 6.45) is -11.4. The quantitative estimate of drug-likeness (QED) is 0.0237. The molecule has 9 N–H and O–H groups in total. The molecule has 80 heavy (non-hydrogen) atoms. The number of aliphatic hydroxyl groups is 4. The van der Waals surface area contributed by atoms with Gasteiger partial charge in [0.05, 0.1) is 43.6 Å². The molecular weight excluding hydrogens is 1060 g/mol. The second kappa shape index (κ2) is 28.6. The molecule has 12 atom stereocenters. The number of amides is 4. The molecule has 26 heteroatoms. The lowest BCUT2D eigenvalue weighted by molar-refractivity contribution is -0.312. The summed E-state index contributed by atoms with van der Waals surface area (Å²) in [4.78, 5) is 64.7. The minimum atomic E-state index is -2.15. The summed E-state index contributed by atoms with van der Waals surface area (Å²) in [7, 11) is -0.802. The third kappa shape index (κ3) is 21.3. The lowest BCUT2D eigenvalue weighted by Gasteiger charge is -2.51. The van der Waals surface area contributed by atoms with Gasteiger partial charge in [-0.3, -0.25) is 10.1 Å². The van der Waals surface area contributed by atoms with Gasteiger partial charge in [-0.25, -0.2) is 14.4 Å². The second-order valence-electron chi connectivity index (χ2n) is 25.3. The SMILES string of the molecule is CN(C(=O)OC(C)(C)C)[C@@H]1[C@@H](O)[C@@H](O[C@@H]2[C@@H](O)[C@H](O[C@H]3OC(CNC(=O)OCc4ccc(N=O)cc4)=CC[C@H]3NCCO[Si](C)(C)C(C)(C)C)[C@@H](NCOC(C)(C)C)C[C@H]2NC(=O)[C@@H](O)CCNC(=O)OC(C)(C)C)OC[C@]1(C)O. The zero-order chi connectivity index (χ0) is 60.2. The van der Waals surface area contributed by atoms with E-state index in [1.807, 2.05) is 20.8 Å². The van der Waals surface area contributed by atoms with Gasteiger partial charge in [0.1, 0.15) is 65.4 Å². The van der Waals surface area contributed by atoms with Crippen molar-refractivity contribution in [1.82, 2.24) is 31.5 Å². The molecule has 456 valence electrons. The smallest absolute Gasteiger partial charge is 0.410 e. The number of carbonyl (C=O) groups excluding carboxylic acids is 4. The number of alkyl carbamates (subject to hydrolysis) is 2. The van der Waals surface area contributed by atoms with Gasteiger partial charge < -0.3 is 88.9 Å². The molecule has 4 rings (SSSR count). The molecule has 0 bridgehead atoms. The highest BCUT2D eigenvalue weighted by atomic mass is 28.4. The highest BCUT2D eigenvalue weighted by Gasteiger charge is 2.55. The van der Waals surface area contributed by atoms with Gasteiger partial charge in [-0.1, -0.05) is 32.9 Å². The summed E-state index contributed by atoms with van der Waals surface area (Å²) < 4.78 is 54.7. The molecule has 2 fully saturated rings. The molecule has 1 saturated heterocycles.